The number of imide groups is 1. The van der Waals surface area contributed by atoms with Gasteiger partial charge in [-0.2, -0.15) is 5.26 Å². The summed E-state index contributed by atoms with van der Waals surface area (Å²) in [6.07, 6.45) is 1.32. The molecule has 1 heterocycles. The summed E-state index contributed by atoms with van der Waals surface area (Å²) in [4.78, 5) is 24.8. The van der Waals surface area contributed by atoms with E-state index < -0.39 is 17.9 Å². The van der Waals surface area contributed by atoms with Gasteiger partial charge in [0.15, 0.2) is 0 Å². The minimum absolute atomic E-state index is 0.157. The van der Waals surface area contributed by atoms with E-state index in [1.165, 1.54) is 12.1 Å². The molecule has 0 aliphatic carbocycles. The van der Waals surface area contributed by atoms with Gasteiger partial charge in [0.25, 0.3) is 5.91 Å². The van der Waals surface area contributed by atoms with Crippen LogP contribution >= 0.6 is 0 Å². The molecule has 6 heteroatoms. The first-order valence-electron chi connectivity index (χ1n) is 6.37. The maximum atomic E-state index is 13.7. The van der Waals surface area contributed by atoms with E-state index in [-0.39, 0.29) is 18.0 Å². The molecule has 2 rings (SSSR count). The lowest BCUT2D eigenvalue weighted by Crippen LogP contribution is -2.31. The van der Waals surface area contributed by atoms with Gasteiger partial charge in [0, 0.05) is 5.56 Å². The topological polar surface area (TPSA) is 73.2 Å². The second-order valence-electron chi connectivity index (χ2n) is 4.63. The van der Waals surface area contributed by atoms with Gasteiger partial charge in [0.1, 0.15) is 11.9 Å². The number of urea groups is 1. The molecule has 20 heavy (non-hydrogen) atoms. The van der Waals surface area contributed by atoms with E-state index >= 15 is 0 Å². The van der Waals surface area contributed by atoms with Crippen molar-refractivity contribution >= 4 is 11.9 Å². The molecular formula is C14H14FN3O2. The molecule has 0 saturated carbocycles. The van der Waals surface area contributed by atoms with Crippen molar-refractivity contribution in [3.8, 4) is 6.07 Å². The predicted molar refractivity (Wildman–Crippen MR) is 68.9 cm³/mol. The zero-order chi connectivity index (χ0) is 14.7. The summed E-state index contributed by atoms with van der Waals surface area (Å²) < 4.78 is 13.7. The summed E-state index contributed by atoms with van der Waals surface area (Å²) in [5.41, 5.74) is 0.447. The Morgan fingerprint density at radius 3 is 2.85 bits per heavy atom. The quantitative estimate of drug-likeness (QED) is 0.853. The van der Waals surface area contributed by atoms with Crippen molar-refractivity contribution in [2.75, 3.05) is 0 Å². The highest BCUT2D eigenvalue weighted by Crippen LogP contribution is 2.17. The molecule has 1 N–H and O–H groups in total. The average molecular weight is 275 g/mol. The summed E-state index contributed by atoms with van der Waals surface area (Å²) in [6.45, 7) is 1.75. The molecule has 1 fully saturated rings. The number of carbonyl (C=O) groups is 2. The fourth-order valence-corrected chi connectivity index (χ4v) is 2.15. The maximum absolute atomic E-state index is 13.7. The Labute approximate surface area is 116 Å². The Hall–Kier alpha value is -2.42. The third-order valence-electron chi connectivity index (χ3n) is 3.19. The molecule has 0 spiro atoms. The predicted octanol–water partition coefficient (Wildman–Crippen LogP) is 1.92. The fourth-order valence-electron chi connectivity index (χ4n) is 2.15. The number of nitrogens with one attached hydrogen (secondary N) is 1. The Morgan fingerprint density at radius 1 is 1.45 bits per heavy atom. The van der Waals surface area contributed by atoms with Crippen LogP contribution < -0.4 is 5.32 Å². The Morgan fingerprint density at radius 2 is 2.20 bits per heavy atom. The molecule has 1 aromatic carbocycles. The van der Waals surface area contributed by atoms with Crippen LogP contribution in [0.15, 0.2) is 18.2 Å². The largest absolute Gasteiger partial charge is 0.326 e. The number of hydrogen-bond donors (Lipinski definition) is 1. The van der Waals surface area contributed by atoms with Gasteiger partial charge in [-0.05, 0) is 24.6 Å². The number of carbonyl (C=O) groups excluding carboxylic acids is 2. The monoisotopic (exact) mass is 275 g/mol. The highest BCUT2D eigenvalue weighted by Gasteiger charge is 2.37. The van der Waals surface area contributed by atoms with Crippen molar-refractivity contribution in [3.05, 3.63) is 35.1 Å². The van der Waals surface area contributed by atoms with Gasteiger partial charge in [-0.1, -0.05) is 13.3 Å². The molecule has 1 atom stereocenters. The molecule has 1 aromatic rings. The smallest absolute Gasteiger partial charge is 0.325 e. The van der Waals surface area contributed by atoms with Gasteiger partial charge in [-0.3, -0.25) is 9.69 Å². The van der Waals surface area contributed by atoms with E-state index in [2.05, 4.69) is 5.32 Å². The van der Waals surface area contributed by atoms with Crippen LogP contribution in [0.2, 0.25) is 0 Å². The Bertz CT molecular complexity index is 595. The van der Waals surface area contributed by atoms with Crippen molar-refractivity contribution in [1.82, 2.24) is 10.2 Å². The Kier molecular flexibility index (Phi) is 3.99. The van der Waals surface area contributed by atoms with Gasteiger partial charge >= 0.3 is 6.03 Å². The first-order valence-corrected chi connectivity index (χ1v) is 6.37. The number of hydrogen-bond acceptors (Lipinski definition) is 3. The van der Waals surface area contributed by atoms with Crippen LogP contribution in [0.5, 0.6) is 0 Å². The van der Waals surface area contributed by atoms with E-state index in [9.17, 15) is 14.0 Å². The van der Waals surface area contributed by atoms with Gasteiger partial charge < -0.3 is 5.32 Å². The van der Waals surface area contributed by atoms with E-state index in [0.29, 0.717) is 12.0 Å². The van der Waals surface area contributed by atoms with E-state index in [1.54, 1.807) is 0 Å². The van der Waals surface area contributed by atoms with Gasteiger partial charge in [-0.15, -0.1) is 0 Å². The second-order valence-corrected chi connectivity index (χ2v) is 4.63. The van der Waals surface area contributed by atoms with Crippen LogP contribution in [0.3, 0.4) is 0 Å². The van der Waals surface area contributed by atoms with Crippen molar-refractivity contribution in [1.29, 1.82) is 5.26 Å². The molecule has 0 aromatic heterocycles. The van der Waals surface area contributed by atoms with E-state index in [1.807, 2.05) is 13.0 Å². The molecule has 3 amide bonds. The minimum atomic E-state index is -0.538. The van der Waals surface area contributed by atoms with E-state index in [0.717, 1.165) is 17.4 Å². The zero-order valence-corrected chi connectivity index (χ0v) is 11.0. The third kappa shape index (κ3) is 2.62. The standard InChI is InChI=1S/C14H14FN3O2/c1-2-3-12-13(19)18(14(20)17-12)8-10-6-9(7-16)4-5-11(10)15/h4-6,12H,2-3,8H2,1H3,(H,17,20). The molecule has 1 aliphatic heterocycles. The first kappa shape index (κ1) is 14.0. The number of benzene rings is 1. The zero-order valence-electron chi connectivity index (χ0n) is 11.0. The lowest BCUT2D eigenvalue weighted by Gasteiger charge is -2.13. The normalized spacial score (nSPS) is 18.1. The lowest BCUT2D eigenvalue weighted by molar-refractivity contribution is -0.128. The molecule has 104 valence electrons. The molecule has 1 aliphatic rings. The summed E-state index contributed by atoms with van der Waals surface area (Å²) in [7, 11) is 0. The van der Waals surface area contributed by atoms with Gasteiger partial charge in [-0.25, -0.2) is 9.18 Å². The molecule has 0 radical (unpaired) electrons. The molecular weight excluding hydrogens is 261 g/mol. The van der Waals surface area contributed by atoms with Crippen LogP contribution in [0.1, 0.15) is 30.9 Å². The summed E-state index contributed by atoms with van der Waals surface area (Å²) in [5, 5.41) is 11.4. The Balaban J connectivity index is 2.20. The van der Waals surface area contributed by atoms with Crippen LogP contribution in [0.25, 0.3) is 0 Å². The highest BCUT2D eigenvalue weighted by atomic mass is 19.1. The van der Waals surface area contributed by atoms with Gasteiger partial charge in [0.2, 0.25) is 0 Å². The number of nitrogens with zero attached hydrogens (tertiary/aromatic N) is 2. The third-order valence-corrected chi connectivity index (χ3v) is 3.19. The van der Waals surface area contributed by atoms with Crippen LogP contribution in [-0.2, 0) is 11.3 Å². The fraction of sp³-hybridized carbons (Fsp3) is 0.357. The van der Waals surface area contributed by atoms with Crippen LogP contribution in [-0.4, -0.2) is 22.9 Å². The number of halogens is 1. The molecule has 0 bridgehead atoms. The van der Waals surface area contributed by atoms with Crippen molar-refractivity contribution < 1.29 is 14.0 Å². The summed E-state index contributed by atoms with van der Waals surface area (Å²) in [6, 6.07) is 4.71. The van der Waals surface area contributed by atoms with Crippen molar-refractivity contribution in [2.24, 2.45) is 0 Å². The molecule has 5 nitrogen and oxygen atoms in total. The average Bonchev–Trinajstić information content (AvgIpc) is 2.69. The summed E-state index contributed by atoms with van der Waals surface area (Å²) in [5.74, 6) is -0.887. The SMILES string of the molecule is CCCC1NC(=O)N(Cc2cc(C#N)ccc2F)C1=O. The second kappa shape index (κ2) is 5.70. The maximum Gasteiger partial charge on any atom is 0.325 e. The van der Waals surface area contributed by atoms with Crippen LogP contribution in [0, 0.1) is 17.1 Å². The minimum Gasteiger partial charge on any atom is -0.326 e. The van der Waals surface area contributed by atoms with E-state index in [4.69, 9.17) is 5.26 Å². The van der Waals surface area contributed by atoms with Crippen LogP contribution in [0.4, 0.5) is 9.18 Å². The highest BCUT2D eigenvalue weighted by molar-refractivity contribution is 6.04. The molecule has 1 saturated heterocycles. The number of amides is 3. The van der Waals surface area contributed by atoms with Crippen molar-refractivity contribution in [3.63, 3.8) is 0 Å². The number of rotatable bonds is 4. The van der Waals surface area contributed by atoms with Crippen molar-refractivity contribution in [2.45, 2.75) is 32.4 Å². The first-order chi connectivity index (χ1) is 9.56. The summed E-state index contributed by atoms with van der Waals surface area (Å²) >= 11 is 0. The van der Waals surface area contributed by atoms with Gasteiger partial charge in [0.05, 0.1) is 18.2 Å². The lowest BCUT2D eigenvalue weighted by atomic mass is 10.1. The number of nitriles is 1. The molecule has 1 unspecified atom stereocenters.